The third kappa shape index (κ3) is 3.22. The fourth-order valence-corrected chi connectivity index (χ4v) is 2.62. The van der Waals surface area contributed by atoms with Gasteiger partial charge in [0.05, 0.1) is 15.6 Å². The maximum Gasteiger partial charge on any atom is 0.416 e. The van der Waals surface area contributed by atoms with E-state index in [9.17, 15) is 22.0 Å². The molecule has 2 aromatic rings. The van der Waals surface area contributed by atoms with Crippen molar-refractivity contribution in [3.63, 3.8) is 0 Å². The molecule has 0 aliphatic rings. The summed E-state index contributed by atoms with van der Waals surface area (Å²) in [6.07, 6.45) is -4.73. The molecule has 1 aromatic carbocycles. The molecular formula is C12H4Cl3F5N4. The topological polar surface area (TPSA) is 67.6 Å². The van der Waals surface area contributed by atoms with Crippen molar-refractivity contribution in [1.29, 1.82) is 5.26 Å². The molecule has 1 aromatic heterocycles. The summed E-state index contributed by atoms with van der Waals surface area (Å²) in [5, 5.41) is 7.15. The summed E-state index contributed by atoms with van der Waals surface area (Å²) in [6.45, 7) is 0. The zero-order valence-corrected chi connectivity index (χ0v) is 13.4. The summed E-state index contributed by atoms with van der Waals surface area (Å²) in [5.74, 6) is -0.601. The summed E-state index contributed by atoms with van der Waals surface area (Å²) in [5.41, 5.74) is 2.08. The molecule has 2 N–H and O–H groups in total. The number of hydrogen-bond acceptors (Lipinski definition) is 3. The van der Waals surface area contributed by atoms with E-state index in [1.807, 2.05) is 0 Å². The number of nitriles is 1. The largest absolute Gasteiger partial charge is 0.416 e. The number of nitrogens with two attached hydrogens (primary N) is 1. The Morgan fingerprint density at radius 3 is 1.96 bits per heavy atom. The van der Waals surface area contributed by atoms with E-state index in [0.717, 1.165) is 0 Å². The summed E-state index contributed by atoms with van der Waals surface area (Å²) < 4.78 is 65.3. The van der Waals surface area contributed by atoms with Crippen LogP contribution in [0.1, 0.15) is 16.8 Å². The van der Waals surface area contributed by atoms with E-state index in [2.05, 4.69) is 5.10 Å². The quantitative estimate of drug-likeness (QED) is 0.568. The molecule has 0 atom stereocenters. The number of halogens is 8. The van der Waals surface area contributed by atoms with Gasteiger partial charge in [-0.2, -0.15) is 32.3 Å². The predicted octanol–water partition coefficient (Wildman–Crippen LogP) is 4.94. The maximum atomic E-state index is 13.3. The van der Waals surface area contributed by atoms with Crippen molar-refractivity contribution >= 4 is 40.6 Å². The molecule has 0 unspecified atom stereocenters. The molecule has 0 amide bonds. The van der Waals surface area contributed by atoms with E-state index < -0.39 is 49.9 Å². The number of anilines is 1. The Hall–Kier alpha value is -1.76. The highest BCUT2D eigenvalue weighted by atomic mass is 35.5. The van der Waals surface area contributed by atoms with Crippen LogP contribution in [0.5, 0.6) is 0 Å². The van der Waals surface area contributed by atoms with Crippen LogP contribution in [-0.2, 0) is 11.6 Å². The van der Waals surface area contributed by atoms with E-state index >= 15 is 0 Å². The second-order valence-electron chi connectivity index (χ2n) is 4.42. The molecule has 0 aliphatic carbocycles. The molecule has 0 fully saturated rings. The van der Waals surface area contributed by atoms with Gasteiger partial charge in [-0.05, 0) is 23.7 Å². The minimum atomic E-state index is -4.73. The zero-order chi connectivity index (χ0) is 18.4. The molecular weight excluding hydrogens is 402 g/mol. The lowest BCUT2D eigenvalue weighted by Gasteiger charge is -2.13. The molecule has 12 heteroatoms. The zero-order valence-electron chi connectivity index (χ0n) is 11.1. The molecule has 1 heterocycles. The van der Waals surface area contributed by atoms with E-state index in [1.165, 1.54) is 6.07 Å². The van der Waals surface area contributed by atoms with E-state index in [4.69, 9.17) is 45.8 Å². The fourth-order valence-electron chi connectivity index (χ4n) is 1.84. The van der Waals surface area contributed by atoms with Crippen molar-refractivity contribution in [2.45, 2.75) is 11.6 Å². The minimum absolute atomic E-state index is 0.396. The van der Waals surface area contributed by atoms with Crippen LogP contribution in [0, 0.1) is 11.3 Å². The number of hydrogen-bond donors (Lipinski definition) is 1. The highest BCUT2D eigenvalue weighted by Crippen LogP contribution is 2.41. The lowest BCUT2D eigenvalue weighted by molar-refractivity contribution is -0.137. The average molecular weight is 406 g/mol. The summed E-state index contributed by atoms with van der Waals surface area (Å²) in [7, 11) is 0. The van der Waals surface area contributed by atoms with Crippen LogP contribution in [0.3, 0.4) is 0 Å². The number of aromatic nitrogens is 2. The van der Waals surface area contributed by atoms with Gasteiger partial charge >= 0.3 is 11.6 Å². The van der Waals surface area contributed by atoms with Gasteiger partial charge in [0, 0.05) is 0 Å². The predicted molar refractivity (Wildman–Crippen MR) is 77.5 cm³/mol. The molecule has 0 spiro atoms. The first-order valence-corrected chi connectivity index (χ1v) is 6.93. The van der Waals surface area contributed by atoms with Crippen molar-refractivity contribution in [2.24, 2.45) is 0 Å². The van der Waals surface area contributed by atoms with Gasteiger partial charge in [0.1, 0.15) is 23.1 Å². The summed E-state index contributed by atoms with van der Waals surface area (Å²) in [6, 6.07) is 2.44. The smallest absolute Gasteiger partial charge is 0.382 e. The van der Waals surface area contributed by atoms with Crippen LogP contribution < -0.4 is 5.73 Å². The summed E-state index contributed by atoms with van der Waals surface area (Å²) >= 11 is 16.4. The molecule has 0 saturated heterocycles. The molecule has 24 heavy (non-hydrogen) atoms. The molecule has 0 bridgehead atoms. The Bertz CT molecular complexity index is 825. The Morgan fingerprint density at radius 2 is 1.62 bits per heavy atom. The van der Waals surface area contributed by atoms with Crippen LogP contribution in [0.25, 0.3) is 5.69 Å². The third-order valence-electron chi connectivity index (χ3n) is 2.86. The molecule has 4 nitrogen and oxygen atoms in total. The second kappa shape index (κ2) is 5.95. The Kier molecular flexibility index (Phi) is 4.61. The third-order valence-corrected chi connectivity index (χ3v) is 3.61. The highest BCUT2D eigenvalue weighted by molar-refractivity contribution is 6.38. The van der Waals surface area contributed by atoms with Crippen molar-refractivity contribution in [2.75, 3.05) is 5.73 Å². The van der Waals surface area contributed by atoms with E-state index in [0.29, 0.717) is 16.8 Å². The molecule has 128 valence electrons. The van der Waals surface area contributed by atoms with Crippen molar-refractivity contribution < 1.29 is 22.0 Å². The molecule has 0 radical (unpaired) electrons. The lowest BCUT2D eigenvalue weighted by Crippen LogP contribution is -2.09. The summed E-state index contributed by atoms with van der Waals surface area (Å²) in [4.78, 5) is 0. The number of nitrogens with zero attached hydrogens (tertiary/aromatic N) is 3. The van der Waals surface area contributed by atoms with Crippen molar-refractivity contribution in [3.05, 3.63) is 39.0 Å². The fraction of sp³-hybridized carbons (Fsp3) is 0.167. The number of alkyl halides is 6. The van der Waals surface area contributed by atoms with Crippen LogP contribution in [0.4, 0.5) is 27.8 Å². The second-order valence-corrected chi connectivity index (χ2v) is 5.71. The van der Waals surface area contributed by atoms with Gasteiger partial charge in [-0.25, -0.2) is 4.68 Å². The van der Waals surface area contributed by atoms with Crippen molar-refractivity contribution in [1.82, 2.24) is 9.78 Å². The van der Waals surface area contributed by atoms with E-state index in [-0.39, 0.29) is 0 Å². The average Bonchev–Trinajstić information content (AvgIpc) is 2.74. The molecule has 0 saturated carbocycles. The van der Waals surface area contributed by atoms with Gasteiger partial charge in [-0.3, -0.25) is 0 Å². The van der Waals surface area contributed by atoms with Gasteiger partial charge in [-0.15, -0.1) is 0 Å². The van der Waals surface area contributed by atoms with Gasteiger partial charge in [0.2, 0.25) is 0 Å². The van der Waals surface area contributed by atoms with E-state index in [1.54, 1.807) is 0 Å². The monoisotopic (exact) mass is 404 g/mol. The van der Waals surface area contributed by atoms with Gasteiger partial charge in [0.25, 0.3) is 0 Å². The maximum absolute atomic E-state index is 13.3. The first-order chi connectivity index (χ1) is 10.9. The minimum Gasteiger partial charge on any atom is -0.382 e. The van der Waals surface area contributed by atoms with Gasteiger partial charge < -0.3 is 5.73 Å². The SMILES string of the molecule is N#Cc1c(C(F)(F)Cl)nn(-c2c(Cl)cc(C(F)(F)F)cc2Cl)c1N. The Labute approximate surface area is 146 Å². The lowest BCUT2D eigenvalue weighted by atomic mass is 10.2. The molecule has 0 aliphatic heterocycles. The first-order valence-electron chi connectivity index (χ1n) is 5.80. The molecule has 2 rings (SSSR count). The van der Waals surface area contributed by atoms with Crippen LogP contribution in [0.15, 0.2) is 12.1 Å². The normalized spacial score (nSPS) is 12.3. The van der Waals surface area contributed by atoms with Crippen LogP contribution in [0.2, 0.25) is 10.0 Å². The number of nitrogen functional groups attached to an aromatic ring is 1. The number of rotatable bonds is 2. The van der Waals surface area contributed by atoms with Crippen LogP contribution >= 0.6 is 34.8 Å². The van der Waals surface area contributed by atoms with Gasteiger partial charge in [0.15, 0.2) is 5.69 Å². The Balaban J connectivity index is 2.75. The van der Waals surface area contributed by atoms with Gasteiger partial charge in [-0.1, -0.05) is 23.2 Å². The standard InChI is InChI=1S/C12H4Cl3F5N4/c13-6-1-4(12(18,19)20)2-7(14)8(6)24-10(22)5(3-21)9(23-24)11(15,16)17/h1-2H,22H2. The van der Waals surface area contributed by atoms with Crippen LogP contribution in [-0.4, -0.2) is 9.78 Å². The first kappa shape index (κ1) is 18.6. The Morgan fingerprint density at radius 1 is 1.12 bits per heavy atom. The number of benzene rings is 1. The van der Waals surface area contributed by atoms with Crippen molar-refractivity contribution in [3.8, 4) is 11.8 Å². The highest BCUT2D eigenvalue weighted by Gasteiger charge is 2.38.